The number of primary amides is 1. The minimum atomic E-state index is -3.34. The lowest BCUT2D eigenvalue weighted by Gasteiger charge is -2.52. The lowest BCUT2D eigenvalue weighted by atomic mass is 9.52. The van der Waals surface area contributed by atoms with Crippen molar-refractivity contribution in [3.8, 4) is 5.75 Å². The molecule has 0 bridgehead atoms. The number of nitrogens with one attached hydrogen (secondary N) is 1. The van der Waals surface area contributed by atoms with E-state index in [1.807, 2.05) is 4.90 Å². The number of nitrogens with zero attached hydrogens (tertiary/aromatic N) is 1. The van der Waals surface area contributed by atoms with Gasteiger partial charge in [-0.25, -0.2) is 8.78 Å². The minimum Gasteiger partial charge on any atom is -0.505 e. The van der Waals surface area contributed by atoms with E-state index in [1.54, 1.807) is 0 Å². The second kappa shape index (κ2) is 9.24. The van der Waals surface area contributed by atoms with Crippen molar-refractivity contribution in [1.82, 2.24) is 4.90 Å². The fourth-order valence-electron chi connectivity index (χ4n) is 6.52. The fraction of sp³-hybridized carbons (Fsp3) is 0.520. The molecule has 3 fully saturated rings. The molecule has 1 aliphatic heterocycles. The Bertz CT molecular complexity index is 1350. The molecule has 0 spiro atoms. The van der Waals surface area contributed by atoms with E-state index in [0.29, 0.717) is 13.1 Å². The molecule has 7 atom stereocenters. The Hall–Kier alpha value is -3.62. The van der Waals surface area contributed by atoms with Gasteiger partial charge in [0.1, 0.15) is 17.7 Å². The molecule has 1 heterocycles. The molecule has 1 aromatic rings. The Balaban J connectivity index is 1.54. The predicted molar refractivity (Wildman–Crippen MR) is 126 cm³/mol. The molecular formula is C25H26F2N4O8. The number of alkyl halides is 1. The van der Waals surface area contributed by atoms with Gasteiger partial charge in [0, 0.05) is 17.5 Å². The second-order valence-corrected chi connectivity index (χ2v) is 10.6. The maximum absolute atomic E-state index is 15.9. The highest BCUT2D eigenvalue weighted by atomic mass is 19.1. The number of Topliss-reactive ketones (excluding diaryl/α,β-unsaturated/α-hetero) is 4. The van der Waals surface area contributed by atoms with Crippen LogP contribution in [-0.2, 0) is 30.4 Å². The van der Waals surface area contributed by atoms with Gasteiger partial charge in [0.05, 0.1) is 35.7 Å². The zero-order valence-corrected chi connectivity index (χ0v) is 20.5. The zero-order chi connectivity index (χ0) is 28.5. The molecule has 208 valence electrons. The molecule has 1 saturated heterocycles. The number of aliphatic hydroxyl groups is 1. The van der Waals surface area contributed by atoms with E-state index in [-0.39, 0.29) is 6.54 Å². The molecule has 5 rings (SSSR count). The minimum absolute atomic E-state index is 0.0463. The summed E-state index contributed by atoms with van der Waals surface area (Å²) in [6.45, 7) is 1.32. The molecule has 12 nitrogen and oxygen atoms in total. The Labute approximate surface area is 219 Å². The Kier molecular flexibility index (Phi) is 6.39. The average molecular weight is 548 g/mol. The van der Waals surface area contributed by atoms with Crippen LogP contribution in [0.3, 0.4) is 0 Å². The molecular weight excluding hydrogens is 522 g/mol. The van der Waals surface area contributed by atoms with Gasteiger partial charge in [-0.3, -0.25) is 33.7 Å². The number of phenolic OH excluding ortho intramolecular Hbond substituents is 1. The van der Waals surface area contributed by atoms with E-state index in [4.69, 9.17) is 11.5 Å². The van der Waals surface area contributed by atoms with Crippen molar-refractivity contribution < 1.29 is 47.8 Å². The first-order valence-electron chi connectivity index (χ1n) is 12.4. The Morgan fingerprint density at radius 2 is 1.79 bits per heavy atom. The number of rotatable bonds is 4. The number of amides is 2. The third-order valence-corrected chi connectivity index (χ3v) is 8.40. The highest BCUT2D eigenvalue weighted by Gasteiger charge is 2.72. The Morgan fingerprint density at radius 1 is 1.15 bits per heavy atom. The summed E-state index contributed by atoms with van der Waals surface area (Å²) in [5.41, 5.74) is 5.97. The normalized spacial score (nSPS) is 34.4. The quantitative estimate of drug-likeness (QED) is 0.214. The summed E-state index contributed by atoms with van der Waals surface area (Å²) in [7, 11) is 0. The van der Waals surface area contributed by atoms with E-state index in [0.717, 1.165) is 18.9 Å². The fourth-order valence-corrected chi connectivity index (χ4v) is 6.52. The molecule has 1 aromatic carbocycles. The van der Waals surface area contributed by atoms with Crippen molar-refractivity contribution in [2.24, 2.45) is 35.1 Å². The van der Waals surface area contributed by atoms with Crippen LogP contribution in [0.25, 0.3) is 0 Å². The summed E-state index contributed by atoms with van der Waals surface area (Å²) >= 11 is 0. The van der Waals surface area contributed by atoms with Gasteiger partial charge in [-0.2, -0.15) is 0 Å². The van der Waals surface area contributed by atoms with E-state index in [2.05, 4.69) is 5.32 Å². The number of halogens is 2. The first-order chi connectivity index (χ1) is 18.3. The van der Waals surface area contributed by atoms with E-state index in [9.17, 15) is 39.0 Å². The Morgan fingerprint density at radius 3 is 2.41 bits per heavy atom. The van der Waals surface area contributed by atoms with Crippen molar-refractivity contribution in [1.29, 1.82) is 0 Å². The number of benzene rings is 1. The molecule has 2 amide bonds. The van der Waals surface area contributed by atoms with Crippen molar-refractivity contribution in [3.05, 3.63) is 23.0 Å². The van der Waals surface area contributed by atoms with Gasteiger partial charge in [-0.1, -0.05) is 0 Å². The second-order valence-electron chi connectivity index (χ2n) is 10.6. The molecule has 0 aromatic heterocycles. The summed E-state index contributed by atoms with van der Waals surface area (Å²) in [4.78, 5) is 78.7. The highest BCUT2D eigenvalue weighted by molar-refractivity contribution is 6.32. The van der Waals surface area contributed by atoms with Crippen molar-refractivity contribution in [3.63, 3.8) is 0 Å². The first-order valence-corrected chi connectivity index (χ1v) is 12.4. The average Bonchev–Trinajstić information content (AvgIpc) is 3.37. The van der Waals surface area contributed by atoms with E-state index < -0.39 is 111 Å². The number of hydrogen-bond donors (Lipinski definition) is 5. The molecule has 2 saturated carbocycles. The van der Waals surface area contributed by atoms with Crippen molar-refractivity contribution in [2.45, 2.75) is 37.1 Å². The third kappa shape index (κ3) is 3.80. The van der Waals surface area contributed by atoms with Gasteiger partial charge in [0.25, 0.3) is 0 Å². The number of carbonyl (C=O) groups is 6. The molecule has 39 heavy (non-hydrogen) atoms. The molecule has 14 heteroatoms. The number of aromatic hydroxyl groups is 1. The molecule has 7 N–H and O–H groups in total. The number of anilines is 1. The molecule has 4 aliphatic rings. The van der Waals surface area contributed by atoms with Gasteiger partial charge < -0.3 is 27.0 Å². The molecule has 0 radical (unpaired) electrons. The van der Waals surface area contributed by atoms with Crippen LogP contribution in [0, 0.1) is 29.5 Å². The number of likely N-dealkylation sites (tertiary alicyclic amines) is 1. The van der Waals surface area contributed by atoms with Crippen LogP contribution in [0.1, 0.15) is 28.8 Å². The zero-order valence-electron chi connectivity index (χ0n) is 20.5. The summed E-state index contributed by atoms with van der Waals surface area (Å²) in [5.74, 6) is -18.0. The van der Waals surface area contributed by atoms with Crippen LogP contribution in [0.4, 0.5) is 14.5 Å². The van der Waals surface area contributed by atoms with Gasteiger partial charge >= 0.3 is 0 Å². The summed E-state index contributed by atoms with van der Waals surface area (Å²) in [6.07, 6.45) is -1.24. The van der Waals surface area contributed by atoms with Gasteiger partial charge in [-0.15, -0.1) is 0 Å². The van der Waals surface area contributed by atoms with Crippen LogP contribution in [0.2, 0.25) is 0 Å². The lowest BCUT2D eigenvalue weighted by molar-refractivity contribution is -0.184. The summed E-state index contributed by atoms with van der Waals surface area (Å²) in [5, 5.41) is 24.4. The third-order valence-electron chi connectivity index (χ3n) is 8.40. The summed E-state index contributed by atoms with van der Waals surface area (Å²) < 4.78 is 31.1. The highest BCUT2D eigenvalue weighted by Crippen LogP contribution is 2.51. The smallest absolute Gasteiger partial charge is 0.238 e. The van der Waals surface area contributed by atoms with Crippen LogP contribution < -0.4 is 16.8 Å². The largest absolute Gasteiger partial charge is 0.505 e. The van der Waals surface area contributed by atoms with Gasteiger partial charge in [-0.05, 0) is 32.4 Å². The SMILES string of the molecule is NC(=O)C1C(=O)C(N)C2C(F)C3Cc4c(F)cc(NC(=O)CN5CCCC5)c(O)c4C(=O)C3C(=O)C2(O)C1=O. The standard InChI is InChI=1S/C25H26F2N4O8/c26-10-6-11(30-12(32)7-31-3-1-2-4-31)19(33)13-8(10)5-9-14(20(13)34)22(36)25(39)16(17(9)27)18(28)21(35)15(23(25)37)24(29)38/h6,9,14-18,33,39H,1-5,7,28H2,(H2,29,38)(H,30,32). The van der Waals surface area contributed by atoms with E-state index >= 15 is 8.78 Å². The predicted octanol–water partition coefficient (Wildman–Crippen LogP) is -1.61. The molecule has 7 unspecified atom stereocenters. The van der Waals surface area contributed by atoms with Crippen LogP contribution in [-0.4, -0.2) is 87.5 Å². The first kappa shape index (κ1) is 27.0. The number of ketones is 4. The van der Waals surface area contributed by atoms with Crippen molar-refractivity contribution >= 4 is 40.6 Å². The van der Waals surface area contributed by atoms with Gasteiger partial charge in [0.2, 0.25) is 11.8 Å². The number of nitrogens with two attached hydrogens (primary N) is 2. The number of hydrogen-bond acceptors (Lipinski definition) is 10. The monoisotopic (exact) mass is 548 g/mol. The maximum atomic E-state index is 15.9. The number of carbonyl (C=O) groups excluding carboxylic acids is 6. The van der Waals surface area contributed by atoms with Crippen LogP contribution in [0.15, 0.2) is 6.07 Å². The van der Waals surface area contributed by atoms with Gasteiger partial charge in [0.15, 0.2) is 34.7 Å². The lowest BCUT2D eigenvalue weighted by Crippen LogP contribution is -2.76. The number of fused-ring (bicyclic) bond motifs is 3. The van der Waals surface area contributed by atoms with Crippen LogP contribution >= 0.6 is 0 Å². The van der Waals surface area contributed by atoms with Crippen LogP contribution in [0.5, 0.6) is 5.75 Å². The molecule has 3 aliphatic carbocycles. The topological polar surface area (TPSA) is 210 Å². The number of phenols is 1. The summed E-state index contributed by atoms with van der Waals surface area (Å²) in [6, 6.07) is -1.22. The van der Waals surface area contributed by atoms with Crippen molar-refractivity contribution in [2.75, 3.05) is 25.0 Å². The van der Waals surface area contributed by atoms with E-state index in [1.165, 1.54) is 0 Å². The maximum Gasteiger partial charge on any atom is 0.238 e.